The van der Waals surface area contributed by atoms with Gasteiger partial charge in [-0.1, -0.05) is 25.5 Å². The van der Waals surface area contributed by atoms with Crippen molar-refractivity contribution in [2.75, 3.05) is 6.54 Å². The molecule has 11 heavy (non-hydrogen) atoms. The van der Waals surface area contributed by atoms with Crippen LogP contribution in [0, 0.1) is 5.41 Å². The number of allylic oxidation sites excluding steroid dienone is 1. The Morgan fingerprint density at radius 1 is 1.45 bits per heavy atom. The Bertz CT molecular complexity index is 249. The van der Waals surface area contributed by atoms with Crippen LogP contribution in [0.5, 0.6) is 0 Å². The van der Waals surface area contributed by atoms with Gasteiger partial charge in [-0.15, -0.1) is 0 Å². The highest BCUT2D eigenvalue weighted by Crippen LogP contribution is 2.25. The predicted molar refractivity (Wildman–Crippen MR) is 43.6 cm³/mol. The topological polar surface area (TPSA) is 27.7 Å². The molecule has 0 saturated heterocycles. The van der Waals surface area contributed by atoms with Crippen molar-refractivity contribution in [3.05, 3.63) is 5.70 Å². The third-order valence-electron chi connectivity index (χ3n) is 1.50. The van der Waals surface area contributed by atoms with Crippen molar-refractivity contribution in [2.45, 2.75) is 27.7 Å². The quantitative estimate of drug-likeness (QED) is 0.514. The maximum atomic E-state index is 4.02. The number of nitrogens with zero attached hydrogens (tertiary/aromatic N) is 3. The number of rotatable bonds is 1. The molecule has 0 aliphatic carbocycles. The maximum absolute atomic E-state index is 4.02. The Hall–Kier alpha value is -0.950. The standard InChI is InChI=1S/C8H14N3/c1-5-11-6-7(9-10-11)8(2,3)4/h5H2,1-4H3/q+1. The lowest BCUT2D eigenvalue weighted by molar-refractivity contribution is -0.527. The van der Waals surface area contributed by atoms with Crippen molar-refractivity contribution in [1.29, 1.82) is 0 Å². The summed E-state index contributed by atoms with van der Waals surface area (Å²) in [5.41, 5.74) is 0.993. The molecule has 0 aromatic heterocycles. The van der Waals surface area contributed by atoms with E-state index < -0.39 is 0 Å². The summed E-state index contributed by atoms with van der Waals surface area (Å²) in [5.74, 6) is 3.10. The SMILES string of the molecule is CC[N+]1=C=C(C(C)(C)C)N=N1. The molecule has 0 radical (unpaired) electrons. The van der Waals surface area contributed by atoms with Crippen molar-refractivity contribution >= 4 is 5.87 Å². The highest BCUT2D eigenvalue weighted by Gasteiger charge is 2.27. The second kappa shape index (κ2) is 2.59. The third kappa shape index (κ3) is 1.75. The molecule has 3 heteroatoms. The molecule has 0 fully saturated rings. The van der Waals surface area contributed by atoms with Gasteiger partial charge in [0.2, 0.25) is 0 Å². The van der Waals surface area contributed by atoms with Crippen LogP contribution < -0.4 is 0 Å². The molecule has 60 valence electrons. The van der Waals surface area contributed by atoms with Crippen LogP contribution in [0.2, 0.25) is 0 Å². The smallest absolute Gasteiger partial charge is 0.0872 e. The molecule has 0 spiro atoms. The van der Waals surface area contributed by atoms with E-state index >= 15 is 0 Å². The summed E-state index contributed by atoms with van der Waals surface area (Å²) >= 11 is 0. The van der Waals surface area contributed by atoms with Gasteiger partial charge in [-0.3, -0.25) is 0 Å². The Balaban J connectivity index is 2.95. The van der Waals surface area contributed by atoms with Gasteiger partial charge in [0.25, 0.3) is 5.70 Å². The first-order valence-electron chi connectivity index (χ1n) is 3.87. The summed E-state index contributed by atoms with van der Waals surface area (Å²) in [6.45, 7) is 9.18. The monoisotopic (exact) mass is 152 g/mol. The largest absolute Gasteiger partial charge is 0.269 e. The predicted octanol–water partition coefficient (Wildman–Crippen LogP) is 2.00. The molecule has 0 aromatic rings. The van der Waals surface area contributed by atoms with Crippen molar-refractivity contribution in [3.63, 3.8) is 0 Å². The average molecular weight is 152 g/mol. The fourth-order valence-electron chi connectivity index (χ4n) is 0.726. The van der Waals surface area contributed by atoms with E-state index in [0.717, 1.165) is 12.2 Å². The molecule has 0 atom stereocenters. The molecule has 1 rings (SSSR count). The second-order valence-corrected chi connectivity index (χ2v) is 3.62. The number of hydrogen-bond acceptors (Lipinski definition) is 2. The summed E-state index contributed by atoms with van der Waals surface area (Å²) in [7, 11) is 0. The van der Waals surface area contributed by atoms with E-state index in [-0.39, 0.29) is 5.41 Å². The lowest BCUT2D eigenvalue weighted by atomic mass is 9.93. The Morgan fingerprint density at radius 3 is 2.36 bits per heavy atom. The first-order chi connectivity index (χ1) is 5.04. The van der Waals surface area contributed by atoms with Crippen LogP contribution in [0.4, 0.5) is 0 Å². The lowest BCUT2D eigenvalue weighted by Gasteiger charge is -2.07. The minimum absolute atomic E-state index is 0.0629. The molecular formula is C8H14N3+. The molecule has 0 unspecified atom stereocenters. The highest BCUT2D eigenvalue weighted by atomic mass is 15.5. The van der Waals surface area contributed by atoms with Crippen molar-refractivity contribution in [2.24, 2.45) is 15.8 Å². The van der Waals surface area contributed by atoms with Crippen LogP contribution in [0.3, 0.4) is 0 Å². The van der Waals surface area contributed by atoms with Crippen molar-refractivity contribution in [3.8, 4) is 0 Å². The van der Waals surface area contributed by atoms with Gasteiger partial charge in [0, 0.05) is 5.41 Å². The van der Waals surface area contributed by atoms with Crippen LogP contribution in [0.1, 0.15) is 27.7 Å². The normalized spacial score (nSPS) is 16.7. The zero-order chi connectivity index (χ0) is 8.48. The van der Waals surface area contributed by atoms with Gasteiger partial charge >= 0.3 is 0 Å². The molecule has 3 nitrogen and oxygen atoms in total. The first-order valence-corrected chi connectivity index (χ1v) is 3.87. The molecule has 0 saturated carbocycles. The third-order valence-corrected chi connectivity index (χ3v) is 1.50. The van der Waals surface area contributed by atoms with E-state index in [1.165, 1.54) is 0 Å². The first kappa shape index (κ1) is 8.15. The van der Waals surface area contributed by atoms with Crippen molar-refractivity contribution in [1.82, 2.24) is 0 Å². The molecule has 1 heterocycles. The maximum Gasteiger partial charge on any atom is 0.269 e. The van der Waals surface area contributed by atoms with Crippen LogP contribution in [-0.2, 0) is 0 Å². The average Bonchev–Trinajstić information content (AvgIpc) is 2.32. The van der Waals surface area contributed by atoms with E-state index in [9.17, 15) is 0 Å². The fourth-order valence-corrected chi connectivity index (χ4v) is 0.726. The Morgan fingerprint density at radius 2 is 2.09 bits per heavy atom. The van der Waals surface area contributed by atoms with Crippen LogP contribution >= 0.6 is 0 Å². The van der Waals surface area contributed by atoms with Gasteiger partial charge in [0.15, 0.2) is 0 Å². The minimum Gasteiger partial charge on any atom is -0.0872 e. The summed E-state index contributed by atoms with van der Waals surface area (Å²) in [5, 5.41) is 7.93. The van der Waals surface area contributed by atoms with Gasteiger partial charge in [0.05, 0.1) is 5.11 Å². The summed E-state index contributed by atoms with van der Waals surface area (Å²) in [6.07, 6.45) is 0. The van der Waals surface area contributed by atoms with Crippen LogP contribution in [0.15, 0.2) is 16.0 Å². The van der Waals surface area contributed by atoms with E-state index in [1.54, 1.807) is 4.68 Å². The van der Waals surface area contributed by atoms with Gasteiger partial charge in [-0.2, -0.15) is 0 Å². The summed E-state index contributed by atoms with van der Waals surface area (Å²) in [6, 6.07) is 0. The van der Waals surface area contributed by atoms with E-state index in [1.807, 2.05) is 6.92 Å². The van der Waals surface area contributed by atoms with Gasteiger partial charge in [-0.05, 0) is 6.92 Å². The molecule has 0 aromatic carbocycles. The Kier molecular flexibility index (Phi) is 1.92. The molecule has 0 N–H and O–H groups in total. The Labute approximate surface area is 67.1 Å². The fraction of sp³-hybridized carbons (Fsp3) is 0.750. The van der Waals surface area contributed by atoms with Gasteiger partial charge in [-0.25, -0.2) is 0 Å². The second-order valence-electron chi connectivity index (χ2n) is 3.62. The van der Waals surface area contributed by atoms with E-state index in [2.05, 4.69) is 37.0 Å². The van der Waals surface area contributed by atoms with E-state index in [4.69, 9.17) is 0 Å². The van der Waals surface area contributed by atoms with Crippen molar-refractivity contribution < 1.29 is 4.68 Å². The molecular weight excluding hydrogens is 138 g/mol. The molecule has 0 bridgehead atoms. The summed E-state index contributed by atoms with van der Waals surface area (Å²) < 4.78 is 1.72. The number of hydrogen-bond donors (Lipinski definition) is 0. The van der Waals surface area contributed by atoms with E-state index in [0.29, 0.717) is 0 Å². The van der Waals surface area contributed by atoms with Gasteiger partial charge < -0.3 is 0 Å². The minimum atomic E-state index is 0.0629. The van der Waals surface area contributed by atoms with Crippen LogP contribution in [-0.4, -0.2) is 17.1 Å². The molecule has 1 aliphatic rings. The van der Waals surface area contributed by atoms with Crippen LogP contribution in [0.25, 0.3) is 0 Å². The summed E-state index contributed by atoms with van der Waals surface area (Å²) in [4.78, 5) is 0. The molecule has 0 amide bonds. The zero-order valence-corrected chi connectivity index (χ0v) is 7.55. The zero-order valence-electron chi connectivity index (χ0n) is 7.55. The molecule has 1 aliphatic heterocycles. The van der Waals surface area contributed by atoms with Gasteiger partial charge in [0.1, 0.15) is 17.6 Å². The lowest BCUT2D eigenvalue weighted by Crippen LogP contribution is -2.07. The highest BCUT2D eigenvalue weighted by molar-refractivity contribution is 5.54.